The number of benzene rings is 1. The molecular formula is C20H31ClN2O2. The molecule has 0 radical (unpaired) electrons. The number of rotatable bonds is 6. The Labute approximate surface area is 157 Å². The molecule has 2 heterocycles. The maximum atomic E-state index is 12.3. The fourth-order valence-corrected chi connectivity index (χ4v) is 4.12. The van der Waals surface area contributed by atoms with Crippen molar-refractivity contribution in [3.05, 3.63) is 35.4 Å². The Bertz CT molecular complexity index is 552. The molecule has 0 aliphatic carbocycles. The predicted octanol–water partition coefficient (Wildman–Crippen LogP) is 2.97. The number of nitrogens with one attached hydrogen (secondary N) is 2. The lowest BCUT2D eigenvalue weighted by Crippen LogP contribution is -2.45. The molecule has 2 aliphatic rings. The number of amides is 1. The Balaban J connectivity index is 0.00000225. The van der Waals surface area contributed by atoms with Crippen LogP contribution in [0.2, 0.25) is 0 Å². The van der Waals surface area contributed by atoms with Gasteiger partial charge in [0.25, 0.3) is 0 Å². The van der Waals surface area contributed by atoms with Crippen LogP contribution in [-0.2, 0) is 14.9 Å². The van der Waals surface area contributed by atoms with Crippen LogP contribution in [0.4, 0.5) is 0 Å². The van der Waals surface area contributed by atoms with E-state index in [-0.39, 0.29) is 23.7 Å². The van der Waals surface area contributed by atoms with Crippen molar-refractivity contribution in [1.29, 1.82) is 0 Å². The topological polar surface area (TPSA) is 50.4 Å². The lowest BCUT2D eigenvalue weighted by atomic mass is 9.72. The highest BCUT2D eigenvalue weighted by Crippen LogP contribution is 2.36. The molecule has 0 bridgehead atoms. The maximum absolute atomic E-state index is 12.3. The van der Waals surface area contributed by atoms with Gasteiger partial charge in [-0.2, -0.15) is 0 Å². The highest BCUT2D eigenvalue weighted by Gasteiger charge is 2.35. The molecular weight excluding hydrogens is 336 g/mol. The average Bonchev–Trinajstić information content (AvgIpc) is 3.13. The summed E-state index contributed by atoms with van der Waals surface area (Å²) in [6.45, 7) is 6.61. The van der Waals surface area contributed by atoms with Gasteiger partial charge in [0.05, 0.1) is 0 Å². The Kier molecular flexibility index (Phi) is 7.73. The molecule has 2 N–H and O–H groups in total. The Morgan fingerprint density at radius 3 is 2.76 bits per heavy atom. The van der Waals surface area contributed by atoms with Crippen LogP contribution in [0, 0.1) is 12.8 Å². The fraction of sp³-hybridized carbons (Fsp3) is 0.650. The number of hydrogen-bond donors (Lipinski definition) is 2. The zero-order chi connectivity index (χ0) is 16.8. The Morgan fingerprint density at radius 2 is 2.08 bits per heavy atom. The zero-order valence-electron chi connectivity index (χ0n) is 15.2. The van der Waals surface area contributed by atoms with Gasteiger partial charge >= 0.3 is 0 Å². The fourth-order valence-electron chi connectivity index (χ4n) is 4.12. The highest BCUT2D eigenvalue weighted by atomic mass is 35.5. The van der Waals surface area contributed by atoms with Crippen molar-refractivity contribution in [2.45, 2.75) is 44.4 Å². The molecule has 2 fully saturated rings. The smallest absolute Gasteiger partial charge is 0.220 e. The maximum Gasteiger partial charge on any atom is 0.220 e. The van der Waals surface area contributed by atoms with Gasteiger partial charge in [-0.15, -0.1) is 12.4 Å². The first-order valence-corrected chi connectivity index (χ1v) is 9.31. The van der Waals surface area contributed by atoms with E-state index in [9.17, 15) is 4.79 Å². The molecule has 1 amide bonds. The largest absolute Gasteiger partial charge is 0.381 e. The van der Waals surface area contributed by atoms with Crippen molar-refractivity contribution in [1.82, 2.24) is 10.6 Å². The summed E-state index contributed by atoms with van der Waals surface area (Å²) >= 11 is 0. The lowest BCUT2D eigenvalue weighted by Gasteiger charge is -2.39. The molecule has 1 aromatic rings. The zero-order valence-corrected chi connectivity index (χ0v) is 16.0. The third-order valence-electron chi connectivity index (χ3n) is 5.73. The molecule has 4 nitrogen and oxygen atoms in total. The van der Waals surface area contributed by atoms with Crippen LogP contribution in [0.1, 0.15) is 43.2 Å². The summed E-state index contributed by atoms with van der Waals surface area (Å²) in [6.07, 6.45) is 4.80. The second-order valence-electron chi connectivity index (χ2n) is 7.38. The third-order valence-corrected chi connectivity index (χ3v) is 5.73. The first kappa shape index (κ1) is 20.2. The van der Waals surface area contributed by atoms with Crippen LogP contribution in [0.15, 0.2) is 24.3 Å². The van der Waals surface area contributed by atoms with E-state index < -0.39 is 0 Å². The van der Waals surface area contributed by atoms with Crippen molar-refractivity contribution in [2.75, 3.05) is 32.8 Å². The van der Waals surface area contributed by atoms with Crippen LogP contribution in [0.25, 0.3) is 0 Å². The summed E-state index contributed by atoms with van der Waals surface area (Å²) in [5.74, 6) is 0.866. The van der Waals surface area contributed by atoms with Gasteiger partial charge in [0.1, 0.15) is 0 Å². The minimum absolute atomic E-state index is 0. The minimum atomic E-state index is 0. The van der Waals surface area contributed by atoms with Crippen molar-refractivity contribution in [3.63, 3.8) is 0 Å². The molecule has 2 aliphatic heterocycles. The van der Waals surface area contributed by atoms with Gasteiger partial charge in [-0.25, -0.2) is 0 Å². The summed E-state index contributed by atoms with van der Waals surface area (Å²) in [5.41, 5.74) is 2.70. The Hall–Kier alpha value is -1.10. The van der Waals surface area contributed by atoms with E-state index in [4.69, 9.17) is 4.74 Å². The van der Waals surface area contributed by atoms with Gasteiger partial charge in [0.15, 0.2) is 0 Å². The lowest BCUT2D eigenvalue weighted by molar-refractivity contribution is -0.121. The SMILES string of the molecule is Cc1ccccc1C1(CNC(=O)CCC2CCNC2)CCOCC1.Cl. The number of carbonyl (C=O) groups is 1. The van der Waals surface area contributed by atoms with Gasteiger partial charge in [-0.05, 0) is 62.7 Å². The van der Waals surface area contributed by atoms with Crippen molar-refractivity contribution in [2.24, 2.45) is 5.92 Å². The van der Waals surface area contributed by atoms with Gasteiger partial charge < -0.3 is 15.4 Å². The van der Waals surface area contributed by atoms with Crippen LogP contribution < -0.4 is 10.6 Å². The van der Waals surface area contributed by atoms with E-state index in [1.165, 1.54) is 17.5 Å². The third kappa shape index (κ3) is 5.19. The van der Waals surface area contributed by atoms with Crippen LogP contribution in [-0.4, -0.2) is 38.8 Å². The molecule has 140 valence electrons. The van der Waals surface area contributed by atoms with Crippen LogP contribution >= 0.6 is 12.4 Å². The molecule has 0 aromatic heterocycles. The van der Waals surface area contributed by atoms with E-state index in [2.05, 4.69) is 41.8 Å². The molecule has 0 spiro atoms. The molecule has 1 aromatic carbocycles. The van der Waals surface area contributed by atoms with Gasteiger partial charge in [0.2, 0.25) is 5.91 Å². The second-order valence-corrected chi connectivity index (χ2v) is 7.38. The number of carbonyl (C=O) groups excluding carboxylic acids is 1. The quantitative estimate of drug-likeness (QED) is 0.813. The molecule has 2 saturated heterocycles. The molecule has 1 unspecified atom stereocenters. The van der Waals surface area contributed by atoms with E-state index in [0.29, 0.717) is 12.3 Å². The molecule has 1 atom stereocenters. The summed E-state index contributed by atoms with van der Waals surface area (Å²) < 4.78 is 5.59. The average molecular weight is 367 g/mol. The van der Waals surface area contributed by atoms with E-state index in [1.54, 1.807) is 0 Å². The number of ether oxygens (including phenoxy) is 1. The molecule has 0 saturated carbocycles. The standard InChI is InChI=1S/C20H30N2O2.ClH/c1-16-4-2-3-5-18(16)20(9-12-24-13-10-20)15-22-19(23)7-6-17-8-11-21-14-17;/h2-5,17,21H,6-15H2,1H3,(H,22,23);1H. The highest BCUT2D eigenvalue weighted by molar-refractivity contribution is 5.85. The van der Waals surface area contributed by atoms with Crippen molar-refractivity contribution in [3.8, 4) is 0 Å². The van der Waals surface area contributed by atoms with Crippen molar-refractivity contribution >= 4 is 18.3 Å². The summed E-state index contributed by atoms with van der Waals surface area (Å²) in [4.78, 5) is 12.3. The summed E-state index contributed by atoms with van der Waals surface area (Å²) in [7, 11) is 0. The van der Waals surface area contributed by atoms with Crippen LogP contribution in [0.3, 0.4) is 0 Å². The number of halogens is 1. The number of hydrogen-bond acceptors (Lipinski definition) is 3. The predicted molar refractivity (Wildman–Crippen MR) is 103 cm³/mol. The normalized spacial score (nSPS) is 22.2. The van der Waals surface area contributed by atoms with E-state index in [1.807, 2.05) is 0 Å². The minimum Gasteiger partial charge on any atom is -0.381 e. The number of aryl methyl sites for hydroxylation is 1. The van der Waals surface area contributed by atoms with Gasteiger partial charge in [-0.1, -0.05) is 24.3 Å². The van der Waals surface area contributed by atoms with Gasteiger partial charge in [-0.3, -0.25) is 4.79 Å². The van der Waals surface area contributed by atoms with E-state index >= 15 is 0 Å². The molecule has 25 heavy (non-hydrogen) atoms. The van der Waals surface area contributed by atoms with Crippen LogP contribution in [0.5, 0.6) is 0 Å². The molecule has 3 rings (SSSR count). The summed E-state index contributed by atoms with van der Waals surface area (Å²) in [5, 5.41) is 6.60. The van der Waals surface area contributed by atoms with E-state index in [0.717, 1.165) is 52.1 Å². The molecule has 5 heteroatoms. The Morgan fingerprint density at radius 1 is 1.32 bits per heavy atom. The second kappa shape index (κ2) is 9.56. The van der Waals surface area contributed by atoms with Crippen molar-refractivity contribution < 1.29 is 9.53 Å². The summed E-state index contributed by atoms with van der Waals surface area (Å²) in [6, 6.07) is 8.58. The first-order chi connectivity index (χ1) is 11.7. The first-order valence-electron chi connectivity index (χ1n) is 9.31. The monoisotopic (exact) mass is 366 g/mol. The van der Waals surface area contributed by atoms with Gasteiger partial charge in [0, 0.05) is 31.6 Å².